The molecule has 0 fully saturated rings. The van der Waals surface area contributed by atoms with Crippen LogP contribution in [-0.4, -0.2) is 19.2 Å². The lowest BCUT2D eigenvalue weighted by atomic mass is 9.98. The minimum Gasteiger partial charge on any atom is -0.496 e. The van der Waals surface area contributed by atoms with E-state index >= 15 is 0 Å². The zero-order valence-electron chi connectivity index (χ0n) is 10.7. The number of hydrogen-bond acceptors (Lipinski definition) is 1. The number of hydrogen-bond donors (Lipinski definition) is 0. The van der Waals surface area contributed by atoms with Gasteiger partial charge in [-0.1, -0.05) is 30.3 Å². The maximum absolute atomic E-state index is 13.4. The van der Waals surface area contributed by atoms with E-state index in [2.05, 4.69) is 0 Å². The second-order valence-corrected chi connectivity index (χ2v) is 4.82. The molecule has 0 bridgehead atoms. The Hall–Kier alpha value is -1.56. The normalized spacial score (nSPS) is 14.2. The van der Waals surface area contributed by atoms with Crippen LogP contribution in [0, 0.1) is 0 Å². The summed E-state index contributed by atoms with van der Waals surface area (Å²) in [5, 5.41) is -1.91. The fourth-order valence-electron chi connectivity index (χ4n) is 2.03. The van der Waals surface area contributed by atoms with E-state index < -0.39 is 17.5 Å². The molecule has 114 valence electrons. The van der Waals surface area contributed by atoms with Crippen LogP contribution in [0.5, 0.6) is 5.75 Å². The highest BCUT2D eigenvalue weighted by molar-refractivity contribution is 6.22. The van der Waals surface area contributed by atoms with Crippen molar-refractivity contribution in [2.75, 3.05) is 7.11 Å². The van der Waals surface area contributed by atoms with Crippen molar-refractivity contribution >= 4 is 22.4 Å². The molecule has 0 amide bonds. The average molecular weight is 325 g/mol. The van der Waals surface area contributed by atoms with Gasteiger partial charge in [0, 0.05) is 5.39 Å². The molecule has 0 radical (unpaired) electrons. The summed E-state index contributed by atoms with van der Waals surface area (Å²) in [6.45, 7) is 0. The molecule has 21 heavy (non-hydrogen) atoms. The lowest BCUT2D eigenvalue weighted by Crippen LogP contribution is -2.40. The number of alkyl halides is 6. The first-order valence-corrected chi connectivity index (χ1v) is 6.28. The Balaban J connectivity index is 2.63. The molecule has 0 spiro atoms. The fraction of sp³-hybridized carbons (Fsp3) is 0.286. The van der Waals surface area contributed by atoms with Gasteiger partial charge in [-0.25, -0.2) is 0 Å². The molecule has 1 nitrogen and oxygen atoms in total. The summed E-state index contributed by atoms with van der Waals surface area (Å²) in [7, 11) is 1.38. The molecule has 7 heteroatoms. The van der Waals surface area contributed by atoms with Gasteiger partial charge in [0.05, 0.1) is 7.11 Å². The summed E-state index contributed by atoms with van der Waals surface area (Å²) in [5.74, 6) is -4.67. The van der Waals surface area contributed by atoms with Gasteiger partial charge < -0.3 is 4.74 Å². The fourth-order valence-corrected chi connectivity index (χ4v) is 2.35. The Bertz CT molecular complexity index is 653. The van der Waals surface area contributed by atoms with E-state index in [1.807, 2.05) is 0 Å². The molecule has 2 aromatic carbocycles. The number of methoxy groups -OCH3 is 1. The van der Waals surface area contributed by atoms with Gasteiger partial charge in [-0.2, -0.15) is 22.0 Å². The van der Waals surface area contributed by atoms with E-state index in [0.29, 0.717) is 11.1 Å². The second-order valence-electron chi connectivity index (χ2n) is 4.39. The number of benzene rings is 2. The maximum atomic E-state index is 13.4. The Morgan fingerprint density at radius 3 is 2.05 bits per heavy atom. The van der Waals surface area contributed by atoms with Crippen LogP contribution in [0.4, 0.5) is 22.0 Å². The largest absolute Gasteiger partial charge is 0.496 e. The SMILES string of the molecule is COc1ccc(C(Cl)C(F)(F)C(F)(F)F)c2ccccc12. The molecule has 2 rings (SSSR count). The smallest absolute Gasteiger partial charge is 0.455 e. The summed E-state index contributed by atoms with van der Waals surface area (Å²) in [6, 6.07) is 8.58. The van der Waals surface area contributed by atoms with Crippen LogP contribution in [0.2, 0.25) is 0 Å². The topological polar surface area (TPSA) is 9.23 Å². The van der Waals surface area contributed by atoms with E-state index in [1.165, 1.54) is 25.3 Å². The van der Waals surface area contributed by atoms with Crippen LogP contribution in [0.25, 0.3) is 10.8 Å². The predicted molar refractivity (Wildman–Crippen MR) is 70.1 cm³/mol. The third-order valence-corrected chi connectivity index (χ3v) is 3.62. The Morgan fingerprint density at radius 1 is 0.952 bits per heavy atom. The molecule has 2 aromatic rings. The summed E-state index contributed by atoms with van der Waals surface area (Å²) in [4.78, 5) is 0. The van der Waals surface area contributed by atoms with Crippen LogP contribution in [0.3, 0.4) is 0 Å². The van der Waals surface area contributed by atoms with E-state index in [-0.39, 0.29) is 10.9 Å². The highest BCUT2D eigenvalue weighted by Gasteiger charge is 2.62. The standard InChI is InChI=1S/C14H10ClF5O/c1-21-11-7-6-10(8-4-2-3-5-9(8)11)12(15)13(16,17)14(18,19)20/h2-7,12H,1H3. The van der Waals surface area contributed by atoms with E-state index in [4.69, 9.17) is 16.3 Å². The van der Waals surface area contributed by atoms with Crippen molar-refractivity contribution in [3.05, 3.63) is 42.0 Å². The number of halogens is 6. The molecule has 0 aromatic heterocycles. The van der Waals surface area contributed by atoms with E-state index in [1.54, 1.807) is 12.1 Å². The zero-order chi connectivity index (χ0) is 15.8. The van der Waals surface area contributed by atoms with Gasteiger partial charge in [0.2, 0.25) is 0 Å². The quantitative estimate of drug-likeness (QED) is 0.548. The Labute approximate surface area is 122 Å². The van der Waals surface area contributed by atoms with Crippen molar-refractivity contribution in [2.45, 2.75) is 17.5 Å². The van der Waals surface area contributed by atoms with Crippen LogP contribution in [0.15, 0.2) is 36.4 Å². The van der Waals surface area contributed by atoms with Crippen molar-refractivity contribution in [1.29, 1.82) is 0 Å². The molecule has 0 aliphatic heterocycles. The van der Waals surface area contributed by atoms with Crippen molar-refractivity contribution in [2.24, 2.45) is 0 Å². The van der Waals surface area contributed by atoms with E-state index in [9.17, 15) is 22.0 Å². The van der Waals surface area contributed by atoms with Crippen LogP contribution in [-0.2, 0) is 0 Å². The molecule has 0 heterocycles. The van der Waals surface area contributed by atoms with Gasteiger partial charge in [0.25, 0.3) is 0 Å². The number of rotatable bonds is 3. The highest BCUT2D eigenvalue weighted by atomic mass is 35.5. The molecular weight excluding hydrogens is 315 g/mol. The van der Waals surface area contributed by atoms with Crippen LogP contribution >= 0.6 is 11.6 Å². The molecule has 0 aliphatic carbocycles. The second kappa shape index (κ2) is 5.33. The number of ether oxygens (including phenoxy) is 1. The summed E-state index contributed by atoms with van der Waals surface area (Å²) in [5.41, 5.74) is -0.296. The molecule has 0 N–H and O–H groups in total. The minimum absolute atomic E-state index is 0.195. The van der Waals surface area contributed by atoms with Gasteiger partial charge in [-0.05, 0) is 17.0 Å². The maximum Gasteiger partial charge on any atom is 0.455 e. The minimum atomic E-state index is -5.72. The first-order valence-electron chi connectivity index (χ1n) is 5.84. The number of fused-ring (bicyclic) bond motifs is 1. The van der Waals surface area contributed by atoms with Crippen LogP contribution in [0.1, 0.15) is 10.9 Å². The van der Waals surface area contributed by atoms with Crippen molar-refractivity contribution in [3.8, 4) is 5.75 Å². The molecule has 0 aliphatic rings. The van der Waals surface area contributed by atoms with Gasteiger partial charge >= 0.3 is 12.1 Å². The third-order valence-electron chi connectivity index (χ3n) is 3.11. The van der Waals surface area contributed by atoms with Crippen molar-refractivity contribution < 1.29 is 26.7 Å². The summed E-state index contributed by atoms with van der Waals surface area (Å²) < 4.78 is 69.3. The zero-order valence-corrected chi connectivity index (χ0v) is 11.5. The summed E-state index contributed by atoms with van der Waals surface area (Å²) >= 11 is 5.45. The van der Waals surface area contributed by atoms with Gasteiger partial charge in [0.1, 0.15) is 11.1 Å². The lowest BCUT2D eigenvalue weighted by Gasteiger charge is -2.25. The van der Waals surface area contributed by atoms with Gasteiger partial charge in [-0.15, -0.1) is 11.6 Å². The lowest BCUT2D eigenvalue weighted by molar-refractivity contribution is -0.283. The van der Waals surface area contributed by atoms with Gasteiger partial charge in [-0.3, -0.25) is 0 Å². The first kappa shape index (κ1) is 15.8. The molecular formula is C14H10ClF5O. The molecule has 1 unspecified atom stereocenters. The molecule has 0 saturated heterocycles. The van der Waals surface area contributed by atoms with Crippen LogP contribution < -0.4 is 4.74 Å². The monoisotopic (exact) mass is 324 g/mol. The van der Waals surface area contributed by atoms with Crippen molar-refractivity contribution in [1.82, 2.24) is 0 Å². The van der Waals surface area contributed by atoms with E-state index in [0.717, 1.165) is 6.07 Å². The highest BCUT2D eigenvalue weighted by Crippen LogP contribution is 2.49. The Kier molecular flexibility index (Phi) is 4.02. The Morgan fingerprint density at radius 2 is 1.52 bits per heavy atom. The predicted octanol–water partition coefficient (Wildman–Crippen LogP) is 5.33. The molecule has 1 atom stereocenters. The third kappa shape index (κ3) is 2.64. The van der Waals surface area contributed by atoms with Gasteiger partial charge in [0.15, 0.2) is 0 Å². The average Bonchev–Trinajstić information content (AvgIpc) is 2.44. The summed E-state index contributed by atoms with van der Waals surface area (Å²) in [6.07, 6.45) is -5.72. The van der Waals surface area contributed by atoms with Crippen molar-refractivity contribution in [3.63, 3.8) is 0 Å². The molecule has 0 saturated carbocycles. The first-order chi connectivity index (χ1) is 9.70.